The van der Waals surface area contributed by atoms with E-state index in [1.807, 2.05) is 33.8 Å². The number of hydrogen-bond acceptors (Lipinski definition) is 6. The number of sulfonamides is 1. The quantitative estimate of drug-likeness (QED) is 0.638. The van der Waals surface area contributed by atoms with E-state index < -0.39 is 10.0 Å². The zero-order valence-corrected chi connectivity index (χ0v) is 19.5. The van der Waals surface area contributed by atoms with E-state index in [0.717, 1.165) is 21.3 Å². The molecule has 1 saturated heterocycles. The molecule has 0 radical (unpaired) electrons. The molecule has 9 heteroatoms. The van der Waals surface area contributed by atoms with Gasteiger partial charge in [0.2, 0.25) is 10.0 Å². The normalized spacial score (nSPS) is 20.1. The fourth-order valence-electron chi connectivity index (χ4n) is 3.85. The van der Waals surface area contributed by atoms with Gasteiger partial charge >= 0.3 is 0 Å². The molecule has 1 fully saturated rings. The standard InChI is InChI=1S/C22H25N3O4S2/c1-13-9-14(2)20-19(10-13)30-22(23-20)24-21(26)17-5-7-18(8-6-17)31(27,28)25-11-15(3)29-16(4)12-25/h5-10,15-16H,11-12H2,1-4H3,(H,23,24,26)/t15-,16+. The van der Waals surface area contributed by atoms with Crippen LogP contribution in [0.4, 0.5) is 5.13 Å². The van der Waals surface area contributed by atoms with E-state index in [1.165, 1.54) is 39.9 Å². The summed E-state index contributed by atoms with van der Waals surface area (Å²) in [5, 5.41) is 3.34. The number of fused-ring (bicyclic) bond motifs is 1. The van der Waals surface area contributed by atoms with E-state index in [-0.39, 0.29) is 23.0 Å². The first-order valence-electron chi connectivity index (χ1n) is 10.1. The Morgan fingerprint density at radius 3 is 2.42 bits per heavy atom. The number of rotatable bonds is 4. The molecule has 0 unspecified atom stereocenters. The lowest BCUT2D eigenvalue weighted by Gasteiger charge is -2.34. The van der Waals surface area contributed by atoms with Gasteiger partial charge in [-0.05, 0) is 69.2 Å². The summed E-state index contributed by atoms with van der Waals surface area (Å²) in [6.45, 7) is 8.36. The number of ether oxygens (including phenoxy) is 1. The van der Waals surface area contributed by atoms with Gasteiger partial charge in [-0.15, -0.1) is 0 Å². The molecule has 1 aromatic heterocycles. The molecule has 164 valence electrons. The van der Waals surface area contributed by atoms with E-state index in [2.05, 4.69) is 16.4 Å². The number of hydrogen-bond donors (Lipinski definition) is 1. The van der Waals surface area contributed by atoms with Crippen molar-refractivity contribution in [2.45, 2.75) is 44.8 Å². The fourth-order valence-corrected chi connectivity index (χ4v) is 6.48. The molecule has 1 aliphatic heterocycles. The largest absolute Gasteiger partial charge is 0.373 e. The van der Waals surface area contributed by atoms with Crippen molar-refractivity contribution >= 4 is 42.6 Å². The van der Waals surface area contributed by atoms with E-state index in [1.54, 1.807) is 0 Å². The van der Waals surface area contributed by atoms with Crippen molar-refractivity contribution in [2.24, 2.45) is 0 Å². The number of carbonyl (C=O) groups excluding carboxylic acids is 1. The van der Waals surface area contributed by atoms with Crippen LogP contribution in [0.3, 0.4) is 0 Å². The zero-order chi connectivity index (χ0) is 22.3. The Bertz CT molecular complexity index is 1230. The number of nitrogens with zero attached hydrogens (tertiary/aromatic N) is 2. The van der Waals surface area contributed by atoms with Gasteiger partial charge in [0.25, 0.3) is 5.91 Å². The lowest BCUT2D eigenvalue weighted by molar-refractivity contribution is -0.0440. The maximum Gasteiger partial charge on any atom is 0.257 e. The summed E-state index contributed by atoms with van der Waals surface area (Å²) in [5.74, 6) is -0.328. The Morgan fingerprint density at radius 2 is 1.77 bits per heavy atom. The highest BCUT2D eigenvalue weighted by molar-refractivity contribution is 7.89. The molecule has 0 bridgehead atoms. The van der Waals surface area contributed by atoms with Crippen LogP contribution in [0.1, 0.15) is 35.3 Å². The second-order valence-electron chi connectivity index (χ2n) is 8.01. The van der Waals surface area contributed by atoms with Crippen LogP contribution in [-0.4, -0.2) is 48.9 Å². The van der Waals surface area contributed by atoms with Crippen molar-refractivity contribution in [3.05, 3.63) is 53.1 Å². The predicted octanol–water partition coefficient (Wildman–Crippen LogP) is 3.96. The smallest absolute Gasteiger partial charge is 0.257 e. The van der Waals surface area contributed by atoms with Gasteiger partial charge in [0, 0.05) is 18.7 Å². The van der Waals surface area contributed by atoms with Crippen molar-refractivity contribution < 1.29 is 17.9 Å². The highest BCUT2D eigenvalue weighted by Crippen LogP contribution is 2.29. The van der Waals surface area contributed by atoms with Crippen molar-refractivity contribution in [1.82, 2.24) is 9.29 Å². The molecule has 1 N–H and O–H groups in total. The van der Waals surface area contributed by atoms with E-state index in [4.69, 9.17) is 4.74 Å². The van der Waals surface area contributed by atoms with Gasteiger partial charge in [-0.1, -0.05) is 17.4 Å². The SMILES string of the molecule is Cc1cc(C)c2nc(NC(=O)c3ccc(S(=O)(=O)N4C[C@@H](C)O[C@@H](C)C4)cc3)sc2c1. The molecule has 1 amide bonds. The molecule has 3 aromatic rings. The van der Waals surface area contributed by atoms with Gasteiger partial charge in [-0.25, -0.2) is 13.4 Å². The minimum Gasteiger partial charge on any atom is -0.373 e. The average molecular weight is 460 g/mol. The third kappa shape index (κ3) is 4.50. The van der Waals surface area contributed by atoms with Gasteiger partial charge in [0.15, 0.2) is 5.13 Å². The maximum atomic E-state index is 13.0. The van der Waals surface area contributed by atoms with E-state index in [9.17, 15) is 13.2 Å². The maximum absolute atomic E-state index is 13.0. The number of aryl methyl sites for hydroxylation is 2. The molecule has 2 atom stereocenters. The first kappa shape index (κ1) is 21.9. The minimum atomic E-state index is -3.64. The lowest BCUT2D eigenvalue weighted by atomic mass is 10.1. The summed E-state index contributed by atoms with van der Waals surface area (Å²) in [5.41, 5.74) is 3.46. The number of thiazole rings is 1. The molecule has 1 aliphatic rings. The summed E-state index contributed by atoms with van der Waals surface area (Å²) in [6, 6.07) is 10.1. The Balaban J connectivity index is 1.51. The molecule has 0 saturated carbocycles. The van der Waals surface area contributed by atoms with Crippen molar-refractivity contribution in [2.75, 3.05) is 18.4 Å². The van der Waals surface area contributed by atoms with Crippen LogP contribution in [0.25, 0.3) is 10.2 Å². The van der Waals surface area contributed by atoms with Crippen molar-refractivity contribution in [3.63, 3.8) is 0 Å². The summed E-state index contributed by atoms with van der Waals surface area (Å²) < 4.78 is 34.0. The lowest BCUT2D eigenvalue weighted by Crippen LogP contribution is -2.48. The predicted molar refractivity (Wildman–Crippen MR) is 122 cm³/mol. The Kier molecular flexibility index (Phi) is 5.87. The molecule has 2 aromatic carbocycles. The molecule has 0 spiro atoms. The molecular weight excluding hydrogens is 434 g/mol. The van der Waals surface area contributed by atoms with Crippen LogP contribution in [0, 0.1) is 13.8 Å². The molecular formula is C22H25N3O4S2. The number of aromatic nitrogens is 1. The van der Waals surface area contributed by atoms with Gasteiger partial charge in [0.1, 0.15) is 0 Å². The monoisotopic (exact) mass is 459 g/mol. The number of amides is 1. The third-order valence-corrected chi connectivity index (χ3v) is 7.95. The number of benzene rings is 2. The van der Waals surface area contributed by atoms with Crippen LogP contribution in [0.2, 0.25) is 0 Å². The topological polar surface area (TPSA) is 88.6 Å². The molecule has 7 nitrogen and oxygen atoms in total. The Morgan fingerprint density at radius 1 is 1.13 bits per heavy atom. The number of anilines is 1. The number of carbonyl (C=O) groups is 1. The fraction of sp³-hybridized carbons (Fsp3) is 0.364. The number of morpholine rings is 1. The highest BCUT2D eigenvalue weighted by atomic mass is 32.2. The van der Waals surface area contributed by atoms with Crippen LogP contribution in [0.5, 0.6) is 0 Å². The van der Waals surface area contributed by atoms with Crippen LogP contribution in [-0.2, 0) is 14.8 Å². The van der Waals surface area contributed by atoms with Crippen LogP contribution in [0.15, 0.2) is 41.3 Å². The first-order chi connectivity index (χ1) is 14.6. The average Bonchev–Trinajstić information content (AvgIpc) is 3.10. The number of nitrogens with one attached hydrogen (secondary N) is 1. The summed E-state index contributed by atoms with van der Waals surface area (Å²) in [6.07, 6.45) is -0.324. The van der Waals surface area contributed by atoms with Crippen LogP contribution < -0.4 is 5.32 Å². The second-order valence-corrected chi connectivity index (χ2v) is 11.0. The molecule has 2 heterocycles. The van der Waals surface area contributed by atoms with Crippen LogP contribution >= 0.6 is 11.3 Å². The summed E-state index contributed by atoms with van der Waals surface area (Å²) in [7, 11) is -3.64. The second kappa shape index (κ2) is 8.31. The zero-order valence-electron chi connectivity index (χ0n) is 17.9. The van der Waals surface area contributed by atoms with Gasteiger partial charge in [-0.3, -0.25) is 10.1 Å². The summed E-state index contributed by atoms with van der Waals surface area (Å²) >= 11 is 1.42. The van der Waals surface area contributed by atoms with Gasteiger partial charge < -0.3 is 4.74 Å². The van der Waals surface area contributed by atoms with Crippen molar-refractivity contribution in [1.29, 1.82) is 0 Å². The summed E-state index contributed by atoms with van der Waals surface area (Å²) in [4.78, 5) is 17.4. The molecule has 31 heavy (non-hydrogen) atoms. The first-order valence-corrected chi connectivity index (χ1v) is 12.3. The van der Waals surface area contributed by atoms with Crippen molar-refractivity contribution in [3.8, 4) is 0 Å². The van der Waals surface area contributed by atoms with E-state index >= 15 is 0 Å². The third-order valence-electron chi connectivity index (χ3n) is 5.19. The molecule has 4 rings (SSSR count). The van der Waals surface area contributed by atoms with Gasteiger partial charge in [0.05, 0.1) is 27.3 Å². The van der Waals surface area contributed by atoms with Gasteiger partial charge in [-0.2, -0.15) is 4.31 Å². The molecule has 0 aliphatic carbocycles. The highest BCUT2D eigenvalue weighted by Gasteiger charge is 2.32. The Hall–Kier alpha value is -2.33. The Labute approximate surface area is 186 Å². The minimum absolute atomic E-state index is 0.162. The van der Waals surface area contributed by atoms with E-state index in [0.29, 0.717) is 23.8 Å².